The Bertz CT molecular complexity index is 751. The van der Waals surface area contributed by atoms with Gasteiger partial charge in [0, 0.05) is 0 Å². The summed E-state index contributed by atoms with van der Waals surface area (Å²) in [6, 6.07) is 16.1. The van der Waals surface area contributed by atoms with Crippen LogP contribution in [0.15, 0.2) is 66.1 Å². The highest BCUT2D eigenvalue weighted by Crippen LogP contribution is 2.34. The van der Waals surface area contributed by atoms with Gasteiger partial charge in [-0.1, -0.05) is 75.9 Å². The van der Waals surface area contributed by atoms with Crippen molar-refractivity contribution < 1.29 is 8.42 Å². The summed E-state index contributed by atoms with van der Waals surface area (Å²) in [4.78, 5) is 0.478. The van der Waals surface area contributed by atoms with Crippen LogP contribution >= 0.6 is 0 Å². The van der Waals surface area contributed by atoms with Gasteiger partial charge in [-0.05, 0) is 22.6 Å². The molecule has 3 heteroatoms. The quantitative estimate of drug-likeness (QED) is 0.840. The molecular formula is C18H20O2S. The topological polar surface area (TPSA) is 34.1 Å². The van der Waals surface area contributed by atoms with E-state index < -0.39 is 9.84 Å². The maximum Gasteiger partial charge on any atom is 0.206 e. The summed E-state index contributed by atoms with van der Waals surface area (Å²) < 4.78 is 25.8. The third-order valence-electron chi connectivity index (χ3n) is 3.40. The van der Waals surface area contributed by atoms with Crippen molar-refractivity contribution in [2.75, 3.05) is 0 Å². The SMILES string of the molecule is C=C(c1ccccc1)S(=O)(=O)c1ccccc1C(C)(C)C. The molecule has 0 aliphatic rings. The van der Waals surface area contributed by atoms with Crippen molar-refractivity contribution in [2.45, 2.75) is 31.1 Å². The molecule has 0 amide bonds. The second-order valence-corrected chi connectivity index (χ2v) is 7.98. The molecule has 110 valence electrons. The van der Waals surface area contributed by atoms with Gasteiger partial charge in [0.25, 0.3) is 0 Å². The molecule has 0 aromatic heterocycles. The molecule has 0 aliphatic carbocycles. The lowest BCUT2D eigenvalue weighted by molar-refractivity contribution is 0.565. The molecule has 0 saturated carbocycles. The molecule has 0 bridgehead atoms. The van der Waals surface area contributed by atoms with E-state index in [4.69, 9.17) is 0 Å². The van der Waals surface area contributed by atoms with Gasteiger partial charge in [0.05, 0.1) is 9.80 Å². The monoisotopic (exact) mass is 300 g/mol. The molecule has 0 heterocycles. The van der Waals surface area contributed by atoms with Gasteiger partial charge in [0.1, 0.15) is 0 Å². The Morgan fingerprint density at radius 1 is 0.905 bits per heavy atom. The fraction of sp³-hybridized carbons (Fsp3) is 0.222. The van der Waals surface area contributed by atoms with Crippen LogP contribution < -0.4 is 0 Å². The highest BCUT2D eigenvalue weighted by molar-refractivity contribution is 8.00. The molecule has 2 aromatic carbocycles. The molecular weight excluding hydrogens is 280 g/mol. The van der Waals surface area contributed by atoms with Crippen LogP contribution in [0.3, 0.4) is 0 Å². The third-order valence-corrected chi connectivity index (χ3v) is 5.22. The Morgan fingerprint density at radius 2 is 1.43 bits per heavy atom. The number of sulfone groups is 1. The Labute approximate surface area is 127 Å². The standard InChI is InChI=1S/C18H20O2S/c1-14(15-10-6-5-7-11-15)21(19,20)17-13-9-8-12-16(17)18(2,3)4/h5-13H,1H2,2-4H3. The lowest BCUT2D eigenvalue weighted by Crippen LogP contribution is -2.17. The van der Waals surface area contributed by atoms with Gasteiger partial charge in [0.15, 0.2) is 0 Å². The number of hydrogen-bond donors (Lipinski definition) is 0. The summed E-state index contributed by atoms with van der Waals surface area (Å²) in [6.45, 7) is 9.83. The first kappa shape index (κ1) is 15.5. The Hall–Kier alpha value is -1.87. The number of hydrogen-bond acceptors (Lipinski definition) is 2. The van der Waals surface area contributed by atoms with Crippen LogP contribution in [0.4, 0.5) is 0 Å². The van der Waals surface area contributed by atoms with Gasteiger partial charge < -0.3 is 0 Å². The Kier molecular flexibility index (Phi) is 4.06. The molecule has 21 heavy (non-hydrogen) atoms. The zero-order valence-electron chi connectivity index (χ0n) is 12.6. The van der Waals surface area contributed by atoms with E-state index >= 15 is 0 Å². The lowest BCUT2D eigenvalue weighted by Gasteiger charge is -2.23. The first-order valence-electron chi connectivity index (χ1n) is 6.83. The summed E-state index contributed by atoms with van der Waals surface area (Å²) in [5, 5.41) is 0. The predicted octanol–water partition coefficient (Wildman–Crippen LogP) is 4.43. The van der Waals surface area contributed by atoms with Crippen molar-refractivity contribution in [1.82, 2.24) is 0 Å². The molecule has 0 fully saturated rings. The van der Waals surface area contributed by atoms with E-state index in [2.05, 4.69) is 6.58 Å². The molecule has 0 N–H and O–H groups in total. The summed E-state index contributed by atoms with van der Waals surface area (Å²) in [5.74, 6) is 0. The van der Waals surface area contributed by atoms with Crippen LogP contribution in [0, 0.1) is 0 Å². The molecule has 2 aromatic rings. The second kappa shape index (κ2) is 5.49. The minimum absolute atomic E-state index is 0.139. The lowest BCUT2D eigenvalue weighted by atomic mass is 9.87. The summed E-state index contributed by atoms with van der Waals surface area (Å²) >= 11 is 0. The summed E-state index contributed by atoms with van der Waals surface area (Å²) in [7, 11) is -3.60. The van der Waals surface area contributed by atoms with Crippen molar-refractivity contribution in [3.05, 3.63) is 72.3 Å². The summed E-state index contributed by atoms with van der Waals surface area (Å²) in [6.07, 6.45) is 0. The molecule has 0 aliphatic heterocycles. The molecule has 2 nitrogen and oxygen atoms in total. The molecule has 0 unspecified atom stereocenters. The van der Waals surface area contributed by atoms with Crippen LogP contribution in [0.1, 0.15) is 31.9 Å². The van der Waals surface area contributed by atoms with E-state index in [9.17, 15) is 8.42 Å². The average Bonchev–Trinajstić information content (AvgIpc) is 2.46. The maximum absolute atomic E-state index is 12.9. The molecule has 0 radical (unpaired) electrons. The Balaban J connectivity index is 2.59. The van der Waals surface area contributed by atoms with Gasteiger partial charge in [-0.3, -0.25) is 0 Å². The highest BCUT2D eigenvalue weighted by atomic mass is 32.2. The fourth-order valence-electron chi connectivity index (χ4n) is 2.23. The van der Waals surface area contributed by atoms with Gasteiger partial charge in [-0.15, -0.1) is 0 Å². The van der Waals surface area contributed by atoms with E-state index in [0.717, 1.165) is 5.56 Å². The van der Waals surface area contributed by atoms with Crippen molar-refractivity contribution in [3.63, 3.8) is 0 Å². The zero-order valence-corrected chi connectivity index (χ0v) is 13.4. The van der Waals surface area contributed by atoms with Crippen LogP contribution in [0.5, 0.6) is 0 Å². The van der Waals surface area contributed by atoms with Gasteiger partial charge >= 0.3 is 0 Å². The van der Waals surface area contributed by atoms with E-state index in [1.165, 1.54) is 0 Å². The van der Waals surface area contributed by atoms with E-state index in [1.54, 1.807) is 24.3 Å². The van der Waals surface area contributed by atoms with E-state index in [-0.39, 0.29) is 10.3 Å². The third kappa shape index (κ3) is 3.08. The van der Waals surface area contributed by atoms with E-state index in [1.807, 2.05) is 51.1 Å². The second-order valence-electron chi connectivity index (χ2n) is 6.04. The normalized spacial score (nSPS) is 12.1. The molecule has 0 atom stereocenters. The van der Waals surface area contributed by atoms with Gasteiger partial charge in [-0.25, -0.2) is 8.42 Å². The minimum atomic E-state index is -3.60. The summed E-state index contributed by atoms with van der Waals surface area (Å²) in [5.41, 5.74) is 1.18. The number of rotatable bonds is 3. The van der Waals surface area contributed by atoms with Gasteiger partial charge in [-0.2, -0.15) is 0 Å². The maximum atomic E-state index is 12.9. The molecule has 0 saturated heterocycles. The smallest absolute Gasteiger partial charge is 0.206 e. The Morgan fingerprint density at radius 3 is 2.00 bits per heavy atom. The van der Waals surface area contributed by atoms with Crippen LogP contribution in [-0.2, 0) is 15.3 Å². The van der Waals surface area contributed by atoms with Crippen molar-refractivity contribution >= 4 is 14.7 Å². The largest absolute Gasteiger partial charge is 0.219 e. The molecule has 2 rings (SSSR count). The number of benzene rings is 2. The first-order chi connectivity index (χ1) is 9.74. The van der Waals surface area contributed by atoms with Crippen molar-refractivity contribution in [3.8, 4) is 0 Å². The van der Waals surface area contributed by atoms with Crippen LogP contribution in [-0.4, -0.2) is 8.42 Å². The van der Waals surface area contributed by atoms with E-state index in [0.29, 0.717) is 10.5 Å². The highest BCUT2D eigenvalue weighted by Gasteiger charge is 2.27. The minimum Gasteiger partial charge on any atom is -0.219 e. The zero-order chi connectivity index (χ0) is 15.7. The van der Waals surface area contributed by atoms with Crippen molar-refractivity contribution in [2.24, 2.45) is 0 Å². The average molecular weight is 300 g/mol. The fourth-order valence-corrected chi connectivity index (χ4v) is 3.87. The van der Waals surface area contributed by atoms with Crippen molar-refractivity contribution in [1.29, 1.82) is 0 Å². The molecule has 0 spiro atoms. The first-order valence-corrected chi connectivity index (χ1v) is 8.32. The van der Waals surface area contributed by atoms with Crippen LogP contribution in [0.25, 0.3) is 4.91 Å². The predicted molar refractivity (Wildman–Crippen MR) is 87.8 cm³/mol. The van der Waals surface area contributed by atoms with Crippen LogP contribution in [0.2, 0.25) is 0 Å². The van der Waals surface area contributed by atoms with Gasteiger partial charge in [0.2, 0.25) is 9.84 Å².